The van der Waals surface area contributed by atoms with Gasteiger partial charge in [0.15, 0.2) is 10.9 Å². The molecular weight excluding hydrogens is 376 g/mol. The van der Waals surface area contributed by atoms with Gasteiger partial charge >= 0.3 is 5.69 Å². The molecule has 0 unspecified atom stereocenters. The van der Waals surface area contributed by atoms with E-state index in [4.69, 9.17) is 16.3 Å². The summed E-state index contributed by atoms with van der Waals surface area (Å²) in [6.45, 7) is 1.94. The number of aromatic nitrogens is 3. The van der Waals surface area contributed by atoms with Crippen molar-refractivity contribution < 1.29 is 9.66 Å². The van der Waals surface area contributed by atoms with Crippen LogP contribution in [0.15, 0.2) is 47.9 Å². The minimum atomic E-state index is -0.455. The SMILES string of the molecule is COc1ccc(CSc2nncn2-c2ccc(C)c(Cl)c2)cc1[N+](=O)[O-]. The van der Waals surface area contributed by atoms with E-state index in [0.717, 1.165) is 16.8 Å². The van der Waals surface area contributed by atoms with Crippen molar-refractivity contribution in [3.05, 3.63) is 69.0 Å². The molecule has 26 heavy (non-hydrogen) atoms. The van der Waals surface area contributed by atoms with Crippen LogP contribution in [0.2, 0.25) is 5.02 Å². The van der Waals surface area contributed by atoms with Crippen LogP contribution in [0, 0.1) is 17.0 Å². The van der Waals surface area contributed by atoms with E-state index in [2.05, 4.69) is 10.2 Å². The average Bonchev–Trinajstić information content (AvgIpc) is 3.10. The molecule has 0 aliphatic carbocycles. The van der Waals surface area contributed by atoms with Gasteiger partial charge in [-0.1, -0.05) is 35.5 Å². The quantitative estimate of drug-likeness (QED) is 0.351. The molecule has 0 amide bonds. The molecule has 7 nitrogen and oxygen atoms in total. The Morgan fingerprint density at radius 2 is 2.12 bits per heavy atom. The Kier molecular flexibility index (Phi) is 5.43. The molecule has 0 fully saturated rings. The lowest BCUT2D eigenvalue weighted by atomic mass is 10.2. The molecule has 0 bridgehead atoms. The molecule has 0 aliphatic rings. The highest BCUT2D eigenvalue weighted by molar-refractivity contribution is 7.98. The third-order valence-corrected chi connectivity index (χ3v) is 5.18. The summed E-state index contributed by atoms with van der Waals surface area (Å²) in [6.07, 6.45) is 1.61. The molecule has 2 aromatic carbocycles. The summed E-state index contributed by atoms with van der Waals surface area (Å²) >= 11 is 7.62. The van der Waals surface area contributed by atoms with Crippen molar-refractivity contribution in [1.29, 1.82) is 0 Å². The third-order valence-electron chi connectivity index (χ3n) is 3.76. The molecular formula is C17H15ClN4O3S. The number of benzene rings is 2. The first-order valence-corrected chi connectivity index (χ1v) is 8.96. The van der Waals surface area contributed by atoms with Crippen LogP contribution in [-0.4, -0.2) is 26.8 Å². The summed E-state index contributed by atoms with van der Waals surface area (Å²) in [5.41, 5.74) is 2.58. The molecule has 0 aliphatic heterocycles. The number of nitrogens with zero attached hydrogens (tertiary/aromatic N) is 4. The number of ether oxygens (including phenoxy) is 1. The highest BCUT2D eigenvalue weighted by Gasteiger charge is 2.16. The Balaban J connectivity index is 1.81. The van der Waals surface area contributed by atoms with Crippen molar-refractivity contribution in [3.63, 3.8) is 0 Å². The molecule has 3 aromatic rings. The Morgan fingerprint density at radius 3 is 2.81 bits per heavy atom. The van der Waals surface area contributed by atoms with Gasteiger partial charge in [-0.05, 0) is 36.2 Å². The maximum atomic E-state index is 11.1. The molecule has 1 aromatic heterocycles. The van der Waals surface area contributed by atoms with Crippen LogP contribution in [0.4, 0.5) is 5.69 Å². The second kappa shape index (κ2) is 7.76. The summed E-state index contributed by atoms with van der Waals surface area (Å²) in [5.74, 6) is 0.740. The maximum Gasteiger partial charge on any atom is 0.311 e. The van der Waals surface area contributed by atoms with E-state index in [9.17, 15) is 10.1 Å². The first-order valence-electron chi connectivity index (χ1n) is 7.60. The number of hydrogen-bond donors (Lipinski definition) is 0. The molecule has 9 heteroatoms. The van der Waals surface area contributed by atoms with Crippen LogP contribution < -0.4 is 4.74 Å². The number of methoxy groups -OCH3 is 1. The van der Waals surface area contributed by atoms with E-state index < -0.39 is 4.92 Å². The van der Waals surface area contributed by atoms with E-state index >= 15 is 0 Å². The maximum absolute atomic E-state index is 11.1. The van der Waals surface area contributed by atoms with Crippen LogP contribution in [0.25, 0.3) is 5.69 Å². The fourth-order valence-corrected chi connectivity index (χ4v) is 3.39. The first-order chi connectivity index (χ1) is 12.5. The first kappa shape index (κ1) is 18.2. The molecule has 0 atom stereocenters. The molecule has 134 valence electrons. The van der Waals surface area contributed by atoms with E-state index in [-0.39, 0.29) is 11.4 Å². The van der Waals surface area contributed by atoms with E-state index in [0.29, 0.717) is 15.9 Å². The standard InChI is InChI=1S/C17H15ClN4O3S/c1-11-3-5-13(8-14(11)18)21-10-19-20-17(21)26-9-12-4-6-16(25-2)15(7-12)22(23)24/h3-8,10H,9H2,1-2H3. The van der Waals surface area contributed by atoms with Gasteiger partial charge in [-0.25, -0.2) is 0 Å². The predicted molar refractivity (Wildman–Crippen MR) is 100 cm³/mol. The molecule has 0 saturated carbocycles. The summed E-state index contributed by atoms with van der Waals surface area (Å²) in [4.78, 5) is 10.7. The van der Waals surface area contributed by atoms with Gasteiger partial charge in [0, 0.05) is 16.8 Å². The van der Waals surface area contributed by atoms with Gasteiger partial charge < -0.3 is 4.74 Å². The molecule has 0 saturated heterocycles. The minimum absolute atomic E-state index is 0.0580. The van der Waals surface area contributed by atoms with Gasteiger partial charge in [0.2, 0.25) is 0 Å². The monoisotopic (exact) mass is 390 g/mol. The lowest BCUT2D eigenvalue weighted by Gasteiger charge is -2.08. The summed E-state index contributed by atoms with van der Waals surface area (Å²) in [6, 6.07) is 10.6. The predicted octanol–water partition coefficient (Wildman–Crippen LogP) is 4.44. The van der Waals surface area contributed by atoms with Gasteiger partial charge in [-0.3, -0.25) is 14.7 Å². The summed E-state index contributed by atoms with van der Waals surface area (Å²) in [7, 11) is 1.41. The number of hydrogen-bond acceptors (Lipinski definition) is 6. The van der Waals surface area contributed by atoms with Crippen molar-refractivity contribution in [3.8, 4) is 11.4 Å². The molecule has 0 radical (unpaired) electrons. The number of nitro groups is 1. The third kappa shape index (κ3) is 3.81. The van der Waals surface area contributed by atoms with Gasteiger partial charge in [-0.2, -0.15) is 0 Å². The van der Waals surface area contributed by atoms with Crippen molar-refractivity contribution in [2.75, 3.05) is 7.11 Å². The zero-order valence-corrected chi connectivity index (χ0v) is 15.6. The number of halogens is 1. The molecule has 0 N–H and O–H groups in total. The van der Waals surface area contributed by atoms with Crippen molar-refractivity contribution in [2.45, 2.75) is 17.8 Å². The van der Waals surface area contributed by atoms with E-state index in [1.165, 1.54) is 24.9 Å². The number of thioether (sulfide) groups is 1. The topological polar surface area (TPSA) is 83.1 Å². The largest absolute Gasteiger partial charge is 0.490 e. The smallest absolute Gasteiger partial charge is 0.311 e. The molecule has 0 spiro atoms. The van der Waals surface area contributed by atoms with Crippen LogP contribution >= 0.6 is 23.4 Å². The second-order valence-electron chi connectivity index (χ2n) is 5.47. The zero-order valence-electron chi connectivity index (χ0n) is 14.0. The van der Waals surface area contributed by atoms with Gasteiger partial charge in [0.25, 0.3) is 0 Å². The molecule has 3 rings (SSSR count). The molecule has 1 heterocycles. The number of rotatable bonds is 6. The highest BCUT2D eigenvalue weighted by Crippen LogP contribution is 2.31. The lowest BCUT2D eigenvalue weighted by Crippen LogP contribution is -1.97. The van der Waals surface area contributed by atoms with Crippen LogP contribution in [0.5, 0.6) is 5.75 Å². The van der Waals surface area contributed by atoms with Crippen LogP contribution in [-0.2, 0) is 5.75 Å². The Morgan fingerprint density at radius 1 is 1.31 bits per heavy atom. The fourth-order valence-electron chi connectivity index (χ4n) is 2.35. The Bertz CT molecular complexity index is 961. The number of nitro benzene ring substituents is 1. The van der Waals surface area contributed by atoms with E-state index in [1.54, 1.807) is 18.5 Å². The van der Waals surface area contributed by atoms with Crippen LogP contribution in [0.3, 0.4) is 0 Å². The Labute approximate surface area is 159 Å². The van der Waals surface area contributed by atoms with Crippen molar-refractivity contribution in [2.24, 2.45) is 0 Å². The summed E-state index contributed by atoms with van der Waals surface area (Å²) in [5, 5.41) is 20.6. The second-order valence-corrected chi connectivity index (χ2v) is 6.82. The fraction of sp³-hybridized carbons (Fsp3) is 0.176. The minimum Gasteiger partial charge on any atom is -0.490 e. The zero-order chi connectivity index (χ0) is 18.7. The lowest BCUT2D eigenvalue weighted by molar-refractivity contribution is -0.385. The van der Waals surface area contributed by atoms with Gasteiger partial charge in [0.05, 0.1) is 17.7 Å². The van der Waals surface area contributed by atoms with Gasteiger partial charge in [-0.15, -0.1) is 10.2 Å². The highest BCUT2D eigenvalue weighted by atomic mass is 35.5. The summed E-state index contributed by atoms with van der Waals surface area (Å²) < 4.78 is 6.85. The normalized spacial score (nSPS) is 10.7. The van der Waals surface area contributed by atoms with Crippen LogP contribution in [0.1, 0.15) is 11.1 Å². The number of aryl methyl sites for hydroxylation is 1. The van der Waals surface area contributed by atoms with Crippen molar-refractivity contribution >= 4 is 29.1 Å². The van der Waals surface area contributed by atoms with E-state index in [1.807, 2.05) is 29.7 Å². The average molecular weight is 391 g/mol. The van der Waals surface area contributed by atoms with Crippen molar-refractivity contribution in [1.82, 2.24) is 14.8 Å². The Hall–Kier alpha value is -2.58. The van der Waals surface area contributed by atoms with Gasteiger partial charge in [0.1, 0.15) is 6.33 Å².